The highest BCUT2D eigenvalue weighted by Gasteiger charge is 2.32. The van der Waals surface area contributed by atoms with E-state index in [9.17, 15) is 24.9 Å². The molecule has 0 saturated carbocycles. The van der Waals surface area contributed by atoms with Crippen LogP contribution in [-0.2, 0) is 16.0 Å². The Morgan fingerprint density at radius 2 is 2.04 bits per heavy atom. The maximum absolute atomic E-state index is 12.1. The van der Waals surface area contributed by atoms with Gasteiger partial charge in [-0.1, -0.05) is 6.07 Å². The summed E-state index contributed by atoms with van der Waals surface area (Å²) in [5, 5.41) is 31.1. The predicted octanol–water partition coefficient (Wildman–Crippen LogP) is 0.127. The number of carbonyl (C=O) groups excluding carboxylic acids is 2. The van der Waals surface area contributed by atoms with Crippen molar-refractivity contribution in [2.45, 2.75) is 44.9 Å². The predicted molar refractivity (Wildman–Crippen MR) is 82.9 cm³/mol. The molecule has 0 bridgehead atoms. The van der Waals surface area contributed by atoms with Crippen LogP contribution < -0.4 is 5.32 Å². The molecular weight excluding hydrogens is 300 g/mol. The zero-order chi connectivity index (χ0) is 17.1. The second kappa shape index (κ2) is 6.87. The van der Waals surface area contributed by atoms with Gasteiger partial charge < -0.3 is 25.5 Å². The lowest BCUT2D eigenvalue weighted by Gasteiger charge is -2.40. The number of hydrogen-bond donors (Lipinski definition) is 4. The highest BCUT2D eigenvalue weighted by molar-refractivity contribution is 5.89. The first-order valence-corrected chi connectivity index (χ1v) is 7.59. The second-order valence-corrected chi connectivity index (χ2v) is 5.94. The average molecular weight is 322 g/mol. The van der Waals surface area contributed by atoms with Gasteiger partial charge in [-0.05, 0) is 38.0 Å². The van der Waals surface area contributed by atoms with Crippen molar-refractivity contribution >= 4 is 11.8 Å². The van der Waals surface area contributed by atoms with E-state index < -0.39 is 18.1 Å². The summed E-state index contributed by atoms with van der Waals surface area (Å²) in [6.07, 6.45) is -0.414. The molecule has 1 aliphatic heterocycles. The molecule has 0 radical (unpaired) electrons. The Hall–Kier alpha value is -2.28. The van der Waals surface area contributed by atoms with Crippen molar-refractivity contribution in [2.75, 3.05) is 6.54 Å². The number of hydrogen-bond acceptors (Lipinski definition) is 5. The summed E-state index contributed by atoms with van der Waals surface area (Å²) in [6.45, 7) is 4.22. The van der Waals surface area contributed by atoms with Crippen molar-refractivity contribution in [3.05, 3.63) is 23.8 Å². The molecule has 0 aromatic heterocycles. The molecular formula is C16H22N2O5. The van der Waals surface area contributed by atoms with Crippen LogP contribution >= 0.6 is 0 Å². The van der Waals surface area contributed by atoms with Crippen molar-refractivity contribution in [1.82, 2.24) is 10.2 Å². The maximum Gasteiger partial charge on any atom is 0.249 e. The molecule has 4 N–H and O–H groups in total. The molecule has 0 spiro atoms. The number of benzene rings is 1. The molecule has 2 rings (SSSR count). The molecule has 1 aromatic carbocycles. The lowest BCUT2D eigenvalue weighted by atomic mass is 10.0. The number of nitrogens with one attached hydrogen (secondary N) is 1. The van der Waals surface area contributed by atoms with Gasteiger partial charge in [-0.25, -0.2) is 0 Å². The number of amides is 2. The van der Waals surface area contributed by atoms with Crippen LogP contribution in [0.1, 0.15) is 25.8 Å². The number of nitrogens with zero attached hydrogens (tertiary/aromatic N) is 1. The molecule has 3 atom stereocenters. The summed E-state index contributed by atoms with van der Waals surface area (Å²) in [6, 6.07) is 3.55. The molecule has 1 saturated heterocycles. The number of aromatic hydroxyl groups is 2. The van der Waals surface area contributed by atoms with Gasteiger partial charge in [-0.2, -0.15) is 0 Å². The first kappa shape index (κ1) is 17.1. The molecule has 1 fully saturated rings. The molecule has 1 aromatic rings. The monoisotopic (exact) mass is 322 g/mol. The Morgan fingerprint density at radius 3 is 2.57 bits per heavy atom. The summed E-state index contributed by atoms with van der Waals surface area (Å²) in [7, 11) is 0. The summed E-state index contributed by atoms with van der Waals surface area (Å²) in [5.41, 5.74) is 0.498. The number of phenolic OH excluding ortho intramolecular Hbond substituents is 2. The van der Waals surface area contributed by atoms with E-state index in [0.717, 1.165) is 6.42 Å². The Bertz CT molecular complexity index is 604. The third-order valence-corrected chi connectivity index (χ3v) is 4.10. The molecule has 0 aliphatic carbocycles. The lowest BCUT2D eigenvalue weighted by molar-refractivity contribution is -0.143. The highest BCUT2D eigenvalue weighted by Crippen LogP contribution is 2.25. The van der Waals surface area contributed by atoms with Gasteiger partial charge in [0, 0.05) is 19.0 Å². The molecule has 7 heteroatoms. The van der Waals surface area contributed by atoms with Crippen molar-refractivity contribution in [3.63, 3.8) is 0 Å². The third-order valence-electron chi connectivity index (χ3n) is 4.10. The molecule has 1 aliphatic rings. The molecule has 1 heterocycles. The van der Waals surface area contributed by atoms with Crippen LogP contribution in [0.4, 0.5) is 0 Å². The van der Waals surface area contributed by atoms with Gasteiger partial charge in [-0.3, -0.25) is 9.59 Å². The fourth-order valence-electron chi connectivity index (χ4n) is 2.48. The Morgan fingerprint density at radius 1 is 1.35 bits per heavy atom. The van der Waals surface area contributed by atoms with E-state index in [4.69, 9.17) is 0 Å². The Kier molecular flexibility index (Phi) is 5.10. The smallest absolute Gasteiger partial charge is 0.249 e. The summed E-state index contributed by atoms with van der Waals surface area (Å²) < 4.78 is 0. The van der Waals surface area contributed by atoms with Crippen molar-refractivity contribution in [2.24, 2.45) is 0 Å². The number of phenols is 2. The van der Waals surface area contributed by atoms with Crippen molar-refractivity contribution < 1.29 is 24.9 Å². The SMILES string of the molecule is CC(NC(=O)C(O)Cc1ccc(O)c(O)c1)C(=O)N1CCC1C. The van der Waals surface area contributed by atoms with Crippen LogP contribution in [0.2, 0.25) is 0 Å². The number of rotatable bonds is 5. The van der Waals surface area contributed by atoms with E-state index >= 15 is 0 Å². The first-order chi connectivity index (χ1) is 10.8. The Balaban J connectivity index is 1.89. The van der Waals surface area contributed by atoms with Gasteiger partial charge >= 0.3 is 0 Å². The van der Waals surface area contributed by atoms with Crippen LogP contribution in [0, 0.1) is 0 Å². The zero-order valence-corrected chi connectivity index (χ0v) is 13.2. The minimum atomic E-state index is -1.34. The maximum atomic E-state index is 12.1. The largest absolute Gasteiger partial charge is 0.504 e. The minimum Gasteiger partial charge on any atom is -0.504 e. The van der Waals surface area contributed by atoms with Crippen molar-refractivity contribution in [1.29, 1.82) is 0 Å². The van der Waals surface area contributed by atoms with Crippen LogP contribution in [-0.4, -0.2) is 56.8 Å². The van der Waals surface area contributed by atoms with E-state index in [-0.39, 0.29) is 29.9 Å². The van der Waals surface area contributed by atoms with Crippen molar-refractivity contribution in [3.8, 4) is 11.5 Å². The molecule has 7 nitrogen and oxygen atoms in total. The standard InChI is InChI=1S/C16H22N2O5/c1-9-5-6-18(9)16(23)10(2)17-15(22)14(21)8-11-3-4-12(19)13(20)7-11/h3-4,7,9-10,14,19-21H,5-6,8H2,1-2H3,(H,17,22). The second-order valence-electron chi connectivity index (χ2n) is 5.94. The summed E-state index contributed by atoms with van der Waals surface area (Å²) >= 11 is 0. The molecule has 2 amide bonds. The average Bonchev–Trinajstić information content (AvgIpc) is 2.49. The first-order valence-electron chi connectivity index (χ1n) is 7.59. The number of carbonyl (C=O) groups is 2. The minimum absolute atomic E-state index is 0.0271. The third kappa shape index (κ3) is 3.92. The molecule has 3 unspecified atom stereocenters. The normalized spacial score (nSPS) is 19.6. The van der Waals surface area contributed by atoms with E-state index in [2.05, 4.69) is 5.32 Å². The number of aliphatic hydroxyl groups excluding tert-OH is 1. The quantitative estimate of drug-likeness (QED) is 0.576. The molecule has 23 heavy (non-hydrogen) atoms. The van der Waals surface area contributed by atoms with Crippen LogP contribution in [0.3, 0.4) is 0 Å². The van der Waals surface area contributed by atoms with Crippen LogP contribution in [0.25, 0.3) is 0 Å². The van der Waals surface area contributed by atoms with E-state index in [0.29, 0.717) is 12.1 Å². The van der Waals surface area contributed by atoms with Gasteiger partial charge in [0.1, 0.15) is 12.1 Å². The zero-order valence-electron chi connectivity index (χ0n) is 13.2. The highest BCUT2D eigenvalue weighted by atomic mass is 16.3. The number of aliphatic hydroxyl groups is 1. The topological polar surface area (TPSA) is 110 Å². The van der Waals surface area contributed by atoms with Gasteiger partial charge in [0.05, 0.1) is 0 Å². The van der Waals surface area contributed by atoms with E-state index in [1.807, 2.05) is 6.92 Å². The van der Waals surface area contributed by atoms with E-state index in [1.165, 1.54) is 18.2 Å². The Labute approximate surface area is 134 Å². The van der Waals surface area contributed by atoms with Crippen LogP contribution in [0.15, 0.2) is 18.2 Å². The lowest BCUT2D eigenvalue weighted by Crippen LogP contribution is -2.57. The summed E-state index contributed by atoms with van der Waals surface area (Å²) in [5.74, 6) is -1.39. The van der Waals surface area contributed by atoms with Gasteiger partial charge in [0.25, 0.3) is 0 Å². The number of likely N-dealkylation sites (tertiary alicyclic amines) is 1. The van der Waals surface area contributed by atoms with Gasteiger partial charge in [0.15, 0.2) is 11.5 Å². The fourth-order valence-corrected chi connectivity index (χ4v) is 2.48. The summed E-state index contributed by atoms with van der Waals surface area (Å²) in [4.78, 5) is 25.8. The fraction of sp³-hybridized carbons (Fsp3) is 0.500. The van der Waals surface area contributed by atoms with Crippen LogP contribution in [0.5, 0.6) is 11.5 Å². The molecule has 126 valence electrons. The van der Waals surface area contributed by atoms with E-state index in [1.54, 1.807) is 11.8 Å². The van der Waals surface area contributed by atoms with Gasteiger partial charge in [0.2, 0.25) is 11.8 Å². The van der Waals surface area contributed by atoms with Gasteiger partial charge in [-0.15, -0.1) is 0 Å².